The molecule has 6 heteroatoms. The molecule has 0 aromatic carbocycles. The third kappa shape index (κ3) is 3.36. The third-order valence-corrected chi connectivity index (χ3v) is 4.13. The molecule has 2 rings (SSSR count). The van der Waals surface area contributed by atoms with Crippen molar-refractivity contribution in [1.82, 2.24) is 9.80 Å². The number of rotatable bonds is 4. The normalized spacial score (nSPS) is 29.0. The minimum atomic E-state index is -4.17. The Morgan fingerprint density at radius 3 is 2.39 bits per heavy atom. The van der Waals surface area contributed by atoms with E-state index in [4.69, 9.17) is 5.73 Å². The molecular formula is C12H22F3N3. The van der Waals surface area contributed by atoms with Crippen LogP contribution in [0.25, 0.3) is 0 Å². The van der Waals surface area contributed by atoms with Crippen LogP contribution < -0.4 is 5.73 Å². The summed E-state index contributed by atoms with van der Waals surface area (Å²) in [5.41, 5.74) is 5.24. The maximum Gasteiger partial charge on any atom is 0.394 e. The Bertz CT molecular complexity index is 264. The largest absolute Gasteiger partial charge is 0.394 e. The van der Waals surface area contributed by atoms with Gasteiger partial charge in [-0.05, 0) is 38.9 Å². The molecule has 2 heterocycles. The van der Waals surface area contributed by atoms with Crippen molar-refractivity contribution >= 4 is 0 Å². The summed E-state index contributed by atoms with van der Waals surface area (Å²) >= 11 is 0. The molecule has 0 amide bonds. The standard InChI is InChI=1S/C12H22F3N3/c13-12(14,15)10(7-16)8-17-6-3-11(9-17)18-4-1-2-5-18/h10-11H,1-9,16H2. The summed E-state index contributed by atoms with van der Waals surface area (Å²) in [6.07, 6.45) is -0.718. The first-order valence-corrected chi connectivity index (χ1v) is 6.74. The van der Waals surface area contributed by atoms with Crippen LogP contribution in [0.4, 0.5) is 13.2 Å². The van der Waals surface area contributed by atoms with Crippen molar-refractivity contribution in [2.24, 2.45) is 11.7 Å². The summed E-state index contributed by atoms with van der Waals surface area (Å²) in [6, 6.07) is 0.458. The number of alkyl halides is 3. The van der Waals surface area contributed by atoms with Gasteiger partial charge >= 0.3 is 6.18 Å². The molecule has 0 bridgehead atoms. The molecule has 0 aromatic heterocycles. The molecule has 3 nitrogen and oxygen atoms in total. The van der Waals surface area contributed by atoms with Gasteiger partial charge in [-0.25, -0.2) is 0 Å². The van der Waals surface area contributed by atoms with Gasteiger partial charge in [0.2, 0.25) is 0 Å². The highest BCUT2D eigenvalue weighted by Gasteiger charge is 2.41. The maximum atomic E-state index is 12.7. The first-order chi connectivity index (χ1) is 8.50. The van der Waals surface area contributed by atoms with E-state index in [0.29, 0.717) is 6.04 Å². The van der Waals surface area contributed by atoms with Crippen molar-refractivity contribution in [3.05, 3.63) is 0 Å². The van der Waals surface area contributed by atoms with Crippen molar-refractivity contribution < 1.29 is 13.2 Å². The summed E-state index contributed by atoms with van der Waals surface area (Å²) in [5.74, 6) is -1.38. The average molecular weight is 265 g/mol. The number of nitrogens with zero attached hydrogens (tertiary/aromatic N) is 2. The quantitative estimate of drug-likeness (QED) is 0.831. The Hall–Kier alpha value is -0.330. The van der Waals surface area contributed by atoms with E-state index in [2.05, 4.69) is 4.90 Å². The summed E-state index contributed by atoms with van der Waals surface area (Å²) in [6.45, 7) is 3.51. The second-order valence-electron chi connectivity index (χ2n) is 5.42. The van der Waals surface area contributed by atoms with Crippen LogP contribution in [0.2, 0.25) is 0 Å². The summed E-state index contributed by atoms with van der Waals surface area (Å²) in [4.78, 5) is 4.35. The van der Waals surface area contributed by atoms with Crippen LogP contribution in [0.3, 0.4) is 0 Å². The molecule has 2 aliphatic heterocycles. The first kappa shape index (κ1) is 14.1. The van der Waals surface area contributed by atoms with E-state index in [1.54, 1.807) is 0 Å². The van der Waals surface area contributed by atoms with Crippen molar-refractivity contribution in [3.8, 4) is 0 Å². The van der Waals surface area contributed by atoms with Crippen molar-refractivity contribution in [2.45, 2.75) is 31.5 Å². The van der Waals surface area contributed by atoms with E-state index in [0.717, 1.165) is 32.6 Å². The van der Waals surface area contributed by atoms with Gasteiger partial charge in [-0.3, -0.25) is 4.90 Å². The SMILES string of the molecule is NCC(CN1CCC(N2CCCC2)C1)C(F)(F)F. The van der Waals surface area contributed by atoms with E-state index in [1.807, 2.05) is 4.90 Å². The molecule has 2 unspecified atom stereocenters. The van der Waals surface area contributed by atoms with Gasteiger partial charge in [0.1, 0.15) is 0 Å². The predicted octanol–water partition coefficient (Wildman–Crippen LogP) is 1.29. The molecule has 2 fully saturated rings. The lowest BCUT2D eigenvalue weighted by molar-refractivity contribution is -0.175. The maximum absolute atomic E-state index is 12.7. The number of halogens is 3. The molecule has 0 aromatic rings. The van der Waals surface area contributed by atoms with Crippen molar-refractivity contribution in [3.63, 3.8) is 0 Å². The average Bonchev–Trinajstić information content (AvgIpc) is 2.94. The Labute approximate surface area is 106 Å². The van der Waals surface area contributed by atoms with Gasteiger partial charge in [-0.2, -0.15) is 13.2 Å². The van der Waals surface area contributed by atoms with Crippen LogP contribution in [0.1, 0.15) is 19.3 Å². The molecule has 106 valence electrons. The van der Waals surface area contributed by atoms with E-state index in [9.17, 15) is 13.2 Å². The molecule has 0 aliphatic carbocycles. The monoisotopic (exact) mass is 265 g/mol. The summed E-state index contributed by atoms with van der Waals surface area (Å²) in [7, 11) is 0. The molecule has 2 aliphatic rings. The zero-order chi connectivity index (χ0) is 13.2. The van der Waals surface area contributed by atoms with E-state index >= 15 is 0 Å². The minimum absolute atomic E-state index is 0.0599. The molecule has 2 N–H and O–H groups in total. The van der Waals surface area contributed by atoms with E-state index in [-0.39, 0.29) is 13.1 Å². The fourth-order valence-corrected chi connectivity index (χ4v) is 3.01. The van der Waals surface area contributed by atoms with E-state index < -0.39 is 12.1 Å². The zero-order valence-corrected chi connectivity index (χ0v) is 10.6. The predicted molar refractivity (Wildman–Crippen MR) is 64.3 cm³/mol. The lowest BCUT2D eigenvalue weighted by Gasteiger charge is -2.26. The summed E-state index contributed by atoms with van der Waals surface area (Å²) in [5, 5.41) is 0. The lowest BCUT2D eigenvalue weighted by Crippen LogP contribution is -2.41. The van der Waals surface area contributed by atoms with Gasteiger partial charge in [0.25, 0.3) is 0 Å². The van der Waals surface area contributed by atoms with Crippen molar-refractivity contribution in [1.29, 1.82) is 0 Å². The Kier molecular flexibility index (Phi) is 4.50. The van der Waals surface area contributed by atoms with Gasteiger partial charge in [0, 0.05) is 25.7 Å². The third-order valence-electron chi connectivity index (χ3n) is 4.13. The minimum Gasteiger partial charge on any atom is -0.330 e. The number of nitrogens with two attached hydrogens (primary N) is 1. The van der Waals surface area contributed by atoms with Gasteiger partial charge in [0.05, 0.1) is 5.92 Å². The topological polar surface area (TPSA) is 32.5 Å². The van der Waals surface area contributed by atoms with Crippen LogP contribution >= 0.6 is 0 Å². The summed E-state index contributed by atoms with van der Waals surface area (Å²) < 4.78 is 38.0. The highest BCUT2D eigenvalue weighted by atomic mass is 19.4. The fraction of sp³-hybridized carbons (Fsp3) is 1.00. The van der Waals surface area contributed by atoms with Gasteiger partial charge < -0.3 is 10.6 Å². The highest BCUT2D eigenvalue weighted by molar-refractivity contribution is 4.87. The van der Waals surface area contributed by atoms with Crippen LogP contribution in [-0.2, 0) is 0 Å². The highest BCUT2D eigenvalue weighted by Crippen LogP contribution is 2.28. The first-order valence-electron chi connectivity index (χ1n) is 6.74. The molecule has 0 spiro atoms. The van der Waals surface area contributed by atoms with Crippen molar-refractivity contribution in [2.75, 3.05) is 39.3 Å². The Morgan fingerprint density at radius 2 is 1.83 bits per heavy atom. The zero-order valence-electron chi connectivity index (χ0n) is 10.6. The second kappa shape index (κ2) is 5.75. The number of hydrogen-bond donors (Lipinski definition) is 1. The smallest absolute Gasteiger partial charge is 0.330 e. The van der Waals surface area contributed by atoms with Crippen LogP contribution in [-0.4, -0.2) is 61.3 Å². The van der Waals surface area contributed by atoms with Gasteiger partial charge in [-0.1, -0.05) is 0 Å². The lowest BCUT2D eigenvalue weighted by atomic mass is 10.1. The van der Waals surface area contributed by atoms with Gasteiger partial charge in [0.15, 0.2) is 0 Å². The fourth-order valence-electron chi connectivity index (χ4n) is 3.01. The molecule has 0 radical (unpaired) electrons. The van der Waals surface area contributed by atoms with Crippen LogP contribution in [0.5, 0.6) is 0 Å². The Balaban J connectivity index is 1.81. The van der Waals surface area contributed by atoms with Gasteiger partial charge in [-0.15, -0.1) is 0 Å². The number of hydrogen-bond acceptors (Lipinski definition) is 3. The molecular weight excluding hydrogens is 243 g/mol. The molecule has 2 atom stereocenters. The Morgan fingerprint density at radius 1 is 1.17 bits per heavy atom. The van der Waals surface area contributed by atoms with E-state index in [1.165, 1.54) is 12.8 Å². The molecule has 2 saturated heterocycles. The van der Waals surface area contributed by atoms with Crippen LogP contribution in [0, 0.1) is 5.92 Å². The van der Waals surface area contributed by atoms with Crippen LogP contribution in [0.15, 0.2) is 0 Å². The second-order valence-corrected chi connectivity index (χ2v) is 5.42. The molecule has 0 saturated carbocycles. The molecule has 18 heavy (non-hydrogen) atoms. The number of likely N-dealkylation sites (tertiary alicyclic amines) is 2.